The van der Waals surface area contributed by atoms with Gasteiger partial charge in [0.1, 0.15) is 5.58 Å². The van der Waals surface area contributed by atoms with Gasteiger partial charge in [0.2, 0.25) is 0 Å². The quantitative estimate of drug-likeness (QED) is 0.890. The second kappa shape index (κ2) is 5.83. The smallest absolute Gasteiger partial charge is 0.305 e. The molecule has 5 heteroatoms. The van der Waals surface area contributed by atoms with Crippen LogP contribution in [0.2, 0.25) is 0 Å². The number of hydrogen-bond acceptors (Lipinski definition) is 3. The number of nitrogens with zero attached hydrogens (tertiary/aromatic N) is 1. The number of hydrogen-bond donors (Lipinski definition) is 1. The minimum Gasteiger partial charge on any atom is -0.481 e. The molecule has 3 rings (SSSR count). The van der Waals surface area contributed by atoms with Crippen molar-refractivity contribution in [3.63, 3.8) is 0 Å². The van der Waals surface area contributed by atoms with Gasteiger partial charge in [-0.25, -0.2) is 0 Å². The number of aliphatic carboxylic acids is 1. The molecule has 1 amide bonds. The third-order valence-electron chi connectivity index (χ3n) is 4.01. The number of carbonyl (C=O) groups excluding carboxylic acids is 1. The highest BCUT2D eigenvalue weighted by Crippen LogP contribution is 2.31. The van der Waals surface area contributed by atoms with Crippen LogP contribution >= 0.6 is 0 Å². The molecule has 0 saturated heterocycles. The molecule has 0 spiro atoms. The highest BCUT2D eigenvalue weighted by atomic mass is 16.4. The molecule has 1 aromatic heterocycles. The number of benzene rings is 1. The first-order valence-corrected chi connectivity index (χ1v) is 7.55. The van der Waals surface area contributed by atoms with Crippen molar-refractivity contribution in [1.29, 1.82) is 0 Å². The predicted octanol–water partition coefficient (Wildman–Crippen LogP) is 3.07. The van der Waals surface area contributed by atoms with Gasteiger partial charge in [-0.15, -0.1) is 0 Å². The third kappa shape index (κ3) is 3.13. The van der Waals surface area contributed by atoms with Gasteiger partial charge < -0.3 is 14.4 Å². The Morgan fingerprint density at radius 1 is 1.36 bits per heavy atom. The topological polar surface area (TPSA) is 70.8 Å². The van der Waals surface area contributed by atoms with Crippen molar-refractivity contribution in [3.05, 3.63) is 35.6 Å². The van der Waals surface area contributed by atoms with Gasteiger partial charge in [0.05, 0.1) is 6.42 Å². The molecule has 22 heavy (non-hydrogen) atoms. The van der Waals surface area contributed by atoms with Gasteiger partial charge in [0, 0.05) is 18.5 Å². The molecular formula is C17H19NO4. The fourth-order valence-electron chi connectivity index (χ4n) is 2.59. The van der Waals surface area contributed by atoms with Crippen molar-refractivity contribution >= 4 is 22.8 Å². The summed E-state index contributed by atoms with van der Waals surface area (Å²) >= 11 is 0. The van der Waals surface area contributed by atoms with Gasteiger partial charge in [0.15, 0.2) is 5.76 Å². The highest BCUT2D eigenvalue weighted by Gasteiger charge is 2.29. The maximum absolute atomic E-state index is 12.6. The molecule has 5 nitrogen and oxygen atoms in total. The van der Waals surface area contributed by atoms with Crippen molar-refractivity contribution < 1.29 is 19.1 Å². The summed E-state index contributed by atoms with van der Waals surface area (Å²) in [7, 11) is 0. The molecule has 1 N–H and O–H groups in total. The Kier molecular flexibility index (Phi) is 3.88. The number of fused-ring (bicyclic) bond motifs is 1. The third-order valence-corrected chi connectivity index (χ3v) is 4.01. The van der Waals surface area contributed by atoms with E-state index in [-0.39, 0.29) is 24.6 Å². The van der Waals surface area contributed by atoms with Crippen molar-refractivity contribution in [3.8, 4) is 0 Å². The Labute approximate surface area is 128 Å². The van der Waals surface area contributed by atoms with Crippen LogP contribution in [0, 0.1) is 12.8 Å². The van der Waals surface area contributed by atoms with Crippen LogP contribution in [0.4, 0.5) is 0 Å². The summed E-state index contributed by atoms with van der Waals surface area (Å²) in [6, 6.07) is 7.51. The predicted molar refractivity (Wildman–Crippen MR) is 81.8 cm³/mol. The molecule has 1 fully saturated rings. The van der Waals surface area contributed by atoms with Gasteiger partial charge in [-0.05, 0) is 37.3 Å². The molecule has 1 aliphatic carbocycles. The minimum absolute atomic E-state index is 0.0439. The lowest BCUT2D eigenvalue weighted by Gasteiger charge is -2.20. The summed E-state index contributed by atoms with van der Waals surface area (Å²) in [6.45, 7) is 2.77. The number of furan rings is 1. The van der Waals surface area contributed by atoms with E-state index in [0.717, 1.165) is 29.4 Å². The Balaban J connectivity index is 1.83. The van der Waals surface area contributed by atoms with Crippen LogP contribution in [0.3, 0.4) is 0 Å². The molecule has 116 valence electrons. The average Bonchev–Trinajstić information content (AvgIpc) is 3.18. The van der Waals surface area contributed by atoms with Crippen LogP contribution in [0.1, 0.15) is 35.4 Å². The minimum atomic E-state index is -0.894. The summed E-state index contributed by atoms with van der Waals surface area (Å²) < 4.78 is 5.71. The van der Waals surface area contributed by atoms with E-state index in [4.69, 9.17) is 9.52 Å². The van der Waals surface area contributed by atoms with Crippen LogP contribution in [-0.2, 0) is 4.79 Å². The van der Waals surface area contributed by atoms with E-state index < -0.39 is 5.97 Å². The summed E-state index contributed by atoms with van der Waals surface area (Å²) in [5.41, 5.74) is 1.70. The van der Waals surface area contributed by atoms with Crippen molar-refractivity contribution in [1.82, 2.24) is 4.90 Å². The Hall–Kier alpha value is -2.30. The number of aryl methyl sites for hydroxylation is 1. The van der Waals surface area contributed by atoms with Crippen LogP contribution in [0.15, 0.2) is 28.7 Å². The van der Waals surface area contributed by atoms with Crippen LogP contribution in [0.25, 0.3) is 11.0 Å². The normalized spacial score (nSPS) is 14.2. The Morgan fingerprint density at radius 3 is 2.77 bits per heavy atom. The summed E-state index contributed by atoms with van der Waals surface area (Å²) in [4.78, 5) is 25.0. The highest BCUT2D eigenvalue weighted by molar-refractivity contribution is 5.96. The number of carboxylic acid groups (broad SMARTS) is 1. The number of carboxylic acids is 1. The maximum atomic E-state index is 12.6. The van der Waals surface area contributed by atoms with E-state index in [1.807, 2.05) is 25.1 Å². The standard InChI is InChI=1S/C17H19NO4/c1-11-3-2-4-13-9-14(22-16(11)13)17(21)18(8-7-15(19)20)10-12-5-6-12/h2-4,9,12H,5-8,10H2,1H3,(H,19,20). The van der Waals surface area contributed by atoms with Crippen LogP contribution in [0.5, 0.6) is 0 Å². The molecule has 1 aliphatic rings. The van der Waals surface area contributed by atoms with Gasteiger partial charge in [-0.2, -0.15) is 0 Å². The van der Waals surface area contributed by atoms with E-state index in [1.54, 1.807) is 11.0 Å². The molecule has 2 aromatic rings. The number of amides is 1. The van der Waals surface area contributed by atoms with Crippen molar-refractivity contribution in [2.45, 2.75) is 26.2 Å². The second-order valence-corrected chi connectivity index (χ2v) is 5.94. The Morgan fingerprint density at radius 2 is 2.14 bits per heavy atom. The van der Waals surface area contributed by atoms with E-state index in [2.05, 4.69) is 0 Å². The van der Waals surface area contributed by atoms with Crippen molar-refractivity contribution in [2.24, 2.45) is 5.92 Å². The van der Waals surface area contributed by atoms with E-state index in [1.165, 1.54) is 0 Å². The number of rotatable bonds is 6. The SMILES string of the molecule is Cc1cccc2cc(C(=O)N(CCC(=O)O)CC3CC3)oc12. The molecule has 1 saturated carbocycles. The lowest BCUT2D eigenvalue weighted by Crippen LogP contribution is -2.34. The van der Waals surface area contributed by atoms with Crippen LogP contribution < -0.4 is 0 Å². The summed E-state index contributed by atoms with van der Waals surface area (Å²) in [5, 5.41) is 9.75. The van der Waals surface area contributed by atoms with Gasteiger partial charge >= 0.3 is 5.97 Å². The molecular weight excluding hydrogens is 282 g/mol. The average molecular weight is 301 g/mol. The monoisotopic (exact) mass is 301 g/mol. The van der Waals surface area contributed by atoms with Crippen molar-refractivity contribution in [2.75, 3.05) is 13.1 Å². The maximum Gasteiger partial charge on any atom is 0.305 e. The molecule has 0 radical (unpaired) electrons. The molecule has 1 aromatic carbocycles. The molecule has 0 unspecified atom stereocenters. The van der Waals surface area contributed by atoms with E-state index in [0.29, 0.717) is 12.5 Å². The summed E-state index contributed by atoms with van der Waals surface area (Å²) in [6.07, 6.45) is 2.17. The Bertz CT molecular complexity index is 715. The zero-order valence-corrected chi connectivity index (χ0v) is 12.5. The molecule has 0 bridgehead atoms. The van der Waals surface area contributed by atoms with Gasteiger partial charge in [0.25, 0.3) is 5.91 Å². The van der Waals surface area contributed by atoms with E-state index in [9.17, 15) is 9.59 Å². The zero-order valence-electron chi connectivity index (χ0n) is 12.5. The van der Waals surface area contributed by atoms with Gasteiger partial charge in [-0.1, -0.05) is 18.2 Å². The van der Waals surface area contributed by atoms with Gasteiger partial charge in [-0.3, -0.25) is 9.59 Å². The second-order valence-electron chi connectivity index (χ2n) is 5.94. The van der Waals surface area contributed by atoms with Crippen LogP contribution in [-0.4, -0.2) is 35.0 Å². The first-order chi connectivity index (χ1) is 10.5. The number of carbonyl (C=O) groups is 2. The lowest BCUT2D eigenvalue weighted by molar-refractivity contribution is -0.137. The first-order valence-electron chi connectivity index (χ1n) is 7.55. The molecule has 0 atom stereocenters. The van der Waals surface area contributed by atoms with E-state index >= 15 is 0 Å². The summed E-state index contributed by atoms with van der Waals surface area (Å²) in [5.74, 6) is -0.322. The zero-order chi connectivity index (χ0) is 15.7. The lowest BCUT2D eigenvalue weighted by atomic mass is 10.2. The largest absolute Gasteiger partial charge is 0.481 e. The first kappa shape index (κ1) is 14.6. The fourth-order valence-corrected chi connectivity index (χ4v) is 2.59. The fraction of sp³-hybridized carbons (Fsp3) is 0.412. The molecule has 0 aliphatic heterocycles. The number of para-hydroxylation sites is 1. The molecule has 1 heterocycles.